The molecule has 1 saturated carbocycles. The molecule has 19 heavy (non-hydrogen) atoms. The number of carbonyl (C=O) groups excluding carboxylic acids is 1. The van der Waals surface area contributed by atoms with Crippen molar-refractivity contribution in [2.24, 2.45) is 0 Å². The van der Waals surface area contributed by atoms with Crippen LogP contribution >= 0.6 is 0 Å². The Bertz CT molecular complexity index is 767. The molecule has 0 atom stereocenters. The van der Waals surface area contributed by atoms with E-state index in [1.807, 2.05) is 36.7 Å². The molecule has 0 amide bonds. The van der Waals surface area contributed by atoms with Gasteiger partial charge in [0.15, 0.2) is 12.1 Å². The first-order valence-electron chi connectivity index (χ1n) is 6.35. The topological polar surface area (TPSA) is 52.2 Å². The van der Waals surface area contributed by atoms with Crippen LogP contribution in [-0.2, 0) is 0 Å². The summed E-state index contributed by atoms with van der Waals surface area (Å²) in [6.45, 7) is 0. The van der Waals surface area contributed by atoms with Gasteiger partial charge in [0.25, 0.3) is 0 Å². The number of carbonyl (C=O) groups is 1. The zero-order valence-corrected chi connectivity index (χ0v) is 10.2. The van der Waals surface area contributed by atoms with Crippen LogP contribution in [0.4, 0.5) is 0 Å². The molecule has 0 N–H and O–H groups in total. The Morgan fingerprint density at radius 3 is 2.89 bits per heavy atom. The summed E-state index contributed by atoms with van der Waals surface area (Å²) in [5, 5.41) is 4.53. The fraction of sp³-hybridized carbons (Fsp3) is 0.214. The first-order chi connectivity index (χ1) is 9.36. The van der Waals surface area contributed by atoms with Crippen molar-refractivity contribution in [2.45, 2.75) is 18.8 Å². The molecule has 5 nitrogen and oxygen atoms in total. The summed E-state index contributed by atoms with van der Waals surface area (Å²) in [5.41, 5.74) is 2.37. The Morgan fingerprint density at radius 2 is 2.11 bits per heavy atom. The Balaban J connectivity index is 1.90. The number of rotatable bonds is 3. The fourth-order valence-corrected chi connectivity index (χ4v) is 2.33. The summed E-state index contributed by atoms with van der Waals surface area (Å²) in [6.07, 6.45) is 6.96. The second kappa shape index (κ2) is 3.78. The molecule has 0 radical (unpaired) electrons. The molecule has 1 aliphatic rings. The number of hydrogen-bond donors (Lipinski definition) is 0. The highest BCUT2D eigenvalue weighted by atomic mass is 16.1. The summed E-state index contributed by atoms with van der Waals surface area (Å²) < 4.78 is 3.48. The standard InChI is InChI=1S/C14H12N4O/c19-9-12-14(15-13-3-1-2-7-17(12)13)18-8-6-11(16-18)10-4-5-10/h1-3,6-10H,4-5H2. The highest BCUT2D eigenvalue weighted by Gasteiger charge is 2.26. The van der Waals surface area contributed by atoms with E-state index >= 15 is 0 Å². The van der Waals surface area contributed by atoms with E-state index in [0.717, 1.165) is 17.6 Å². The van der Waals surface area contributed by atoms with Crippen molar-refractivity contribution < 1.29 is 4.79 Å². The highest BCUT2D eigenvalue weighted by Crippen LogP contribution is 2.39. The largest absolute Gasteiger partial charge is 0.296 e. The molecule has 4 rings (SSSR count). The van der Waals surface area contributed by atoms with Gasteiger partial charge in [-0.3, -0.25) is 9.20 Å². The van der Waals surface area contributed by atoms with E-state index in [4.69, 9.17) is 0 Å². The molecule has 0 bridgehead atoms. The summed E-state index contributed by atoms with van der Waals surface area (Å²) in [5.74, 6) is 1.19. The third-order valence-corrected chi connectivity index (χ3v) is 3.48. The van der Waals surface area contributed by atoms with Gasteiger partial charge in [0.05, 0.1) is 5.69 Å². The van der Waals surface area contributed by atoms with Crippen molar-refractivity contribution in [1.29, 1.82) is 0 Å². The van der Waals surface area contributed by atoms with Crippen LogP contribution in [-0.4, -0.2) is 25.5 Å². The van der Waals surface area contributed by atoms with Gasteiger partial charge in [-0.1, -0.05) is 6.07 Å². The normalized spacial score (nSPS) is 14.9. The molecule has 0 saturated heterocycles. The highest BCUT2D eigenvalue weighted by molar-refractivity contribution is 5.79. The third-order valence-electron chi connectivity index (χ3n) is 3.48. The lowest BCUT2D eigenvalue weighted by atomic mass is 10.3. The van der Waals surface area contributed by atoms with Crippen molar-refractivity contribution in [1.82, 2.24) is 19.2 Å². The number of nitrogens with zero attached hydrogens (tertiary/aromatic N) is 4. The van der Waals surface area contributed by atoms with Crippen LogP contribution in [0.2, 0.25) is 0 Å². The van der Waals surface area contributed by atoms with Crippen LogP contribution in [0.1, 0.15) is 34.9 Å². The van der Waals surface area contributed by atoms with E-state index < -0.39 is 0 Å². The molecule has 5 heteroatoms. The summed E-state index contributed by atoms with van der Waals surface area (Å²) >= 11 is 0. The molecule has 0 aromatic carbocycles. The SMILES string of the molecule is O=Cc1c(-n2ccc(C3CC3)n2)nc2ccccn12. The van der Waals surface area contributed by atoms with Gasteiger partial charge in [0.2, 0.25) is 0 Å². The predicted octanol–water partition coefficient (Wildman–Crippen LogP) is 2.21. The van der Waals surface area contributed by atoms with Gasteiger partial charge in [-0.15, -0.1) is 0 Å². The molecule has 0 unspecified atom stereocenters. The molecule has 3 aromatic heterocycles. The zero-order valence-electron chi connectivity index (χ0n) is 10.2. The lowest BCUT2D eigenvalue weighted by molar-refractivity contribution is 0.111. The molecule has 1 fully saturated rings. The lowest BCUT2D eigenvalue weighted by Gasteiger charge is -1.97. The number of pyridine rings is 1. The van der Waals surface area contributed by atoms with Crippen molar-refractivity contribution >= 4 is 11.9 Å². The average molecular weight is 252 g/mol. The monoisotopic (exact) mass is 252 g/mol. The van der Waals surface area contributed by atoms with Crippen LogP contribution in [0, 0.1) is 0 Å². The van der Waals surface area contributed by atoms with Crippen LogP contribution < -0.4 is 0 Å². The van der Waals surface area contributed by atoms with E-state index in [1.54, 1.807) is 9.08 Å². The molecule has 0 aliphatic heterocycles. The maximum Gasteiger partial charge on any atom is 0.183 e. The lowest BCUT2D eigenvalue weighted by Crippen LogP contribution is -2.01. The maximum atomic E-state index is 11.3. The second-order valence-electron chi connectivity index (χ2n) is 4.83. The Labute approximate surface area is 109 Å². The van der Waals surface area contributed by atoms with Gasteiger partial charge in [0, 0.05) is 18.3 Å². The van der Waals surface area contributed by atoms with Gasteiger partial charge in [-0.05, 0) is 31.0 Å². The van der Waals surface area contributed by atoms with Gasteiger partial charge >= 0.3 is 0 Å². The Hall–Kier alpha value is -2.43. The molecule has 94 valence electrons. The molecule has 3 aromatic rings. The van der Waals surface area contributed by atoms with Crippen LogP contribution in [0.3, 0.4) is 0 Å². The van der Waals surface area contributed by atoms with Gasteiger partial charge in [0.1, 0.15) is 11.3 Å². The van der Waals surface area contributed by atoms with Crippen molar-refractivity contribution in [3.63, 3.8) is 0 Å². The minimum atomic E-state index is 0.529. The Kier molecular flexibility index (Phi) is 2.09. The molecule has 0 spiro atoms. The molecule has 3 heterocycles. The smallest absolute Gasteiger partial charge is 0.183 e. The Morgan fingerprint density at radius 1 is 1.21 bits per heavy atom. The predicted molar refractivity (Wildman–Crippen MR) is 69.7 cm³/mol. The van der Waals surface area contributed by atoms with Crippen LogP contribution in [0.25, 0.3) is 11.5 Å². The summed E-state index contributed by atoms with van der Waals surface area (Å²) in [4.78, 5) is 15.8. The fourth-order valence-electron chi connectivity index (χ4n) is 2.33. The third kappa shape index (κ3) is 1.58. The first kappa shape index (κ1) is 10.5. The number of fused-ring (bicyclic) bond motifs is 1. The maximum absolute atomic E-state index is 11.3. The van der Waals surface area contributed by atoms with Crippen molar-refractivity contribution in [2.75, 3.05) is 0 Å². The zero-order chi connectivity index (χ0) is 12.8. The molecule has 1 aliphatic carbocycles. The number of imidazole rings is 1. The number of aromatic nitrogens is 4. The molecular weight excluding hydrogens is 240 g/mol. The van der Waals surface area contributed by atoms with E-state index in [0.29, 0.717) is 17.4 Å². The van der Waals surface area contributed by atoms with Crippen LogP contribution in [0.5, 0.6) is 0 Å². The van der Waals surface area contributed by atoms with Crippen LogP contribution in [0.15, 0.2) is 36.7 Å². The summed E-state index contributed by atoms with van der Waals surface area (Å²) in [7, 11) is 0. The van der Waals surface area contributed by atoms with E-state index in [1.165, 1.54) is 12.8 Å². The van der Waals surface area contributed by atoms with E-state index in [9.17, 15) is 4.79 Å². The number of hydrogen-bond acceptors (Lipinski definition) is 3. The van der Waals surface area contributed by atoms with Gasteiger partial charge in [-0.25, -0.2) is 9.67 Å². The van der Waals surface area contributed by atoms with Crippen molar-refractivity contribution in [3.8, 4) is 5.82 Å². The van der Waals surface area contributed by atoms with Crippen molar-refractivity contribution in [3.05, 3.63) is 48.0 Å². The molecular formula is C14H12N4O. The van der Waals surface area contributed by atoms with E-state index in [2.05, 4.69) is 10.1 Å². The number of aldehydes is 1. The minimum absolute atomic E-state index is 0.529. The van der Waals surface area contributed by atoms with E-state index in [-0.39, 0.29) is 0 Å². The van der Waals surface area contributed by atoms with Gasteiger partial charge < -0.3 is 0 Å². The first-order valence-corrected chi connectivity index (χ1v) is 6.35. The minimum Gasteiger partial charge on any atom is -0.296 e. The average Bonchev–Trinajstić information content (AvgIpc) is 3.05. The van der Waals surface area contributed by atoms with Gasteiger partial charge in [-0.2, -0.15) is 5.10 Å². The summed E-state index contributed by atoms with van der Waals surface area (Å²) in [6, 6.07) is 7.67. The quantitative estimate of drug-likeness (QED) is 0.671. The second-order valence-corrected chi connectivity index (χ2v) is 4.83.